The first kappa shape index (κ1) is 13.5. The van der Waals surface area contributed by atoms with Crippen molar-refractivity contribution >= 4 is 33.7 Å². The van der Waals surface area contributed by atoms with E-state index in [-0.39, 0.29) is 10.9 Å². The molecule has 0 amide bonds. The Morgan fingerprint density at radius 3 is 2.88 bits per heavy atom. The zero-order chi connectivity index (χ0) is 12.0. The van der Waals surface area contributed by atoms with Crippen molar-refractivity contribution in [3.05, 3.63) is 28.5 Å². The fraction of sp³-hybridized carbons (Fsp3) is 0.364. The fourth-order valence-corrected chi connectivity index (χ4v) is 1.67. The summed E-state index contributed by atoms with van der Waals surface area (Å²) >= 11 is 6.93. The van der Waals surface area contributed by atoms with Crippen LogP contribution in [0.4, 0.5) is 4.39 Å². The lowest BCUT2D eigenvalue weighted by Crippen LogP contribution is -1.99. The van der Waals surface area contributed by atoms with Gasteiger partial charge >= 0.3 is 0 Å². The average molecular weight is 307 g/mol. The summed E-state index contributed by atoms with van der Waals surface area (Å²) in [6.45, 7) is 0.461. The number of unbranched alkanes of at least 4 members (excludes halogenated alkanes) is 1. The molecule has 0 aromatic heterocycles. The van der Waals surface area contributed by atoms with Crippen LogP contribution in [0, 0.1) is 5.82 Å². The summed E-state index contributed by atoms with van der Waals surface area (Å²) in [6.07, 6.45) is 1.92. The molecule has 1 rings (SSSR count). The Morgan fingerprint density at radius 2 is 2.19 bits per heavy atom. The van der Waals surface area contributed by atoms with Crippen molar-refractivity contribution in [3.8, 4) is 5.75 Å². The fourth-order valence-electron chi connectivity index (χ4n) is 1.15. The van der Waals surface area contributed by atoms with Gasteiger partial charge in [-0.15, -0.1) is 12.6 Å². The van der Waals surface area contributed by atoms with Gasteiger partial charge < -0.3 is 4.74 Å². The van der Waals surface area contributed by atoms with Crippen LogP contribution >= 0.6 is 28.6 Å². The molecule has 5 heteroatoms. The van der Waals surface area contributed by atoms with E-state index in [1.807, 2.05) is 0 Å². The summed E-state index contributed by atoms with van der Waals surface area (Å²) in [5, 5.41) is -0.119. The molecule has 0 spiro atoms. The zero-order valence-corrected chi connectivity index (χ0v) is 11.1. The van der Waals surface area contributed by atoms with Gasteiger partial charge in [0.1, 0.15) is 11.6 Å². The topological polar surface area (TPSA) is 26.3 Å². The molecule has 0 fully saturated rings. The van der Waals surface area contributed by atoms with Crippen molar-refractivity contribution < 1.29 is 13.9 Å². The third-order valence-corrected chi connectivity index (χ3v) is 2.81. The number of hydrogen-bond donors (Lipinski definition) is 1. The van der Waals surface area contributed by atoms with Gasteiger partial charge in [-0.05, 0) is 40.9 Å². The molecule has 0 radical (unpaired) electrons. The molecule has 0 saturated carbocycles. The first-order valence-electron chi connectivity index (χ1n) is 4.89. The maximum Gasteiger partial charge on any atom is 0.185 e. The van der Waals surface area contributed by atoms with Crippen LogP contribution in [0.25, 0.3) is 0 Å². The summed E-state index contributed by atoms with van der Waals surface area (Å²) in [4.78, 5) is 10.5. The summed E-state index contributed by atoms with van der Waals surface area (Å²) in [5.74, 6) is 0.154. The van der Waals surface area contributed by atoms with Crippen LogP contribution in [0.15, 0.2) is 22.7 Å². The largest absolute Gasteiger partial charge is 0.492 e. The van der Waals surface area contributed by atoms with Crippen molar-refractivity contribution in [1.29, 1.82) is 0 Å². The molecule has 16 heavy (non-hydrogen) atoms. The first-order chi connectivity index (χ1) is 7.59. The predicted octanol–water partition coefficient (Wildman–Crippen LogP) is 3.59. The molecular formula is C11H12BrFO2S. The van der Waals surface area contributed by atoms with Gasteiger partial charge in [-0.25, -0.2) is 4.39 Å². The number of carbonyl (C=O) groups is 1. The lowest BCUT2D eigenvalue weighted by Gasteiger charge is -2.07. The van der Waals surface area contributed by atoms with Crippen molar-refractivity contribution in [2.45, 2.75) is 19.3 Å². The van der Waals surface area contributed by atoms with Crippen LogP contribution < -0.4 is 4.74 Å². The van der Waals surface area contributed by atoms with Crippen LogP contribution in [-0.2, 0) is 4.79 Å². The Morgan fingerprint density at radius 1 is 1.44 bits per heavy atom. The highest BCUT2D eigenvalue weighted by molar-refractivity contribution is 9.10. The Balaban J connectivity index is 2.31. The van der Waals surface area contributed by atoms with Crippen LogP contribution in [0.2, 0.25) is 0 Å². The smallest absolute Gasteiger partial charge is 0.185 e. The molecule has 0 N–H and O–H groups in total. The minimum absolute atomic E-state index is 0.119. The van der Waals surface area contributed by atoms with Gasteiger partial charge in [0.2, 0.25) is 0 Å². The molecule has 1 aromatic carbocycles. The Hall–Kier alpha value is -0.550. The number of thiol groups is 1. The Bertz CT molecular complexity index is 371. The Labute approximate surface area is 108 Å². The standard InChI is InChI=1S/C11H12BrFO2S/c12-9-5-4-8(13)7-10(9)15-6-2-1-3-11(14)16/h4-5,7H,1-3,6H2,(H,14,16). The normalized spacial score (nSPS) is 10.2. The zero-order valence-electron chi connectivity index (χ0n) is 8.58. The highest BCUT2D eigenvalue weighted by Gasteiger charge is 2.02. The lowest BCUT2D eigenvalue weighted by atomic mass is 10.2. The van der Waals surface area contributed by atoms with Crippen LogP contribution in [0.3, 0.4) is 0 Å². The first-order valence-corrected chi connectivity index (χ1v) is 6.13. The van der Waals surface area contributed by atoms with E-state index in [1.54, 1.807) is 6.07 Å². The summed E-state index contributed by atoms with van der Waals surface area (Å²) in [6, 6.07) is 4.28. The number of ether oxygens (including phenoxy) is 1. The molecular weight excluding hydrogens is 295 g/mol. The van der Waals surface area contributed by atoms with Gasteiger partial charge in [0.25, 0.3) is 0 Å². The van der Waals surface area contributed by atoms with E-state index in [2.05, 4.69) is 28.6 Å². The molecule has 0 aliphatic rings. The molecule has 1 aromatic rings. The molecule has 0 atom stereocenters. The highest BCUT2D eigenvalue weighted by atomic mass is 79.9. The van der Waals surface area contributed by atoms with Crippen molar-refractivity contribution in [2.75, 3.05) is 6.61 Å². The van der Waals surface area contributed by atoms with Crippen molar-refractivity contribution in [2.24, 2.45) is 0 Å². The van der Waals surface area contributed by atoms with Crippen molar-refractivity contribution in [1.82, 2.24) is 0 Å². The molecule has 0 aliphatic heterocycles. The van der Waals surface area contributed by atoms with E-state index in [0.29, 0.717) is 18.8 Å². The molecule has 0 bridgehead atoms. The van der Waals surface area contributed by atoms with Gasteiger partial charge in [-0.3, -0.25) is 4.79 Å². The second-order valence-corrected chi connectivity index (χ2v) is 4.63. The minimum Gasteiger partial charge on any atom is -0.492 e. The number of halogens is 2. The SMILES string of the molecule is O=C(S)CCCCOc1cc(F)ccc1Br. The number of hydrogen-bond acceptors (Lipinski definition) is 2. The van der Waals surface area contributed by atoms with E-state index in [4.69, 9.17) is 4.74 Å². The number of benzene rings is 1. The third-order valence-electron chi connectivity index (χ3n) is 1.94. The second kappa shape index (κ2) is 6.91. The molecule has 0 heterocycles. The van der Waals surface area contributed by atoms with E-state index in [9.17, 15) is 9.18 Å². The van der Waals surface area contributed by atoms with E-state index in [1.165, 1.54) is 12.1 Å². The van der Waals surface area contributed by atoms with Gasteiger partial charge in [-0.1, -0.05) is 0 Å². The molecule has 2 nitrogen and oxygen atoms in total. The van der Waals surface area contributed by atoms with E-state index >= 15 is 0 Å². The van der Waals surface area contributed by atoms with Crippen LogP contribution in [-0.4, -0.2) is 11.7 Å². The summed E-state index contributed by atoms with van der Waals surface area (Å²) in [5.41, 5.74) is 0. The highest BCUT2D eigenvalue weighted by Crippen LogP contribution is 2.25. The molecule has 0 unspecified atom stereocenters. The maximum atomic E-state index is 12.9. The quantitative estimate of drug-likeness (QED) is 0.642. The minimum atomic E-state index is -0.330. The molecule has 88 valence electrons. The summed E-state index contributed by atoms with van der Waals surface area (Å²) in [7, 11) is 0. The third kappa shape index (κ3) is 4.99. The van der Waals surface area contributed by atoms with Crippen LogP contribution in [0.5, 0.6) is 5.75 Å². The van der Waals surface area contributed by atoms with Gasteiger partial charge in [0, 0.05) is 12.5 Å². The second-order valence-electron chi connectivity index (χ2n) is 3.27. The van der Waals surface area contributed by atoms with E-state index in [0.717, 1.165) is 17.3 Å². The number of rotatable bonds is 6. The van der Waals surface area contributed by atoms with Gasteiger partial charge in [-0.2, -0.15) is 0 Å². The lowest BCUT2D eigenvalue weighted by molar-refractivity contribution is -0.110. The Kier molecular flexibility index (Phi) is 5.84. The average Bonchev–Trinajstić information content (AvgIpc) is 2.22. The predicted molar refractivity (Wildman–Crippen MR) is 67.4 cm³/mol. The van der Waals surface area contributed by atoms with Crippen molar-refractivity contribution in [3.63, 3.8) is 0 Å². The van der Waals surface area contributed by atoms with Gasteiger partial charge in [0.05, 0.1) is 11.1 Å². The monoisotopic (exact) mass is 306 g/mol. The maximum absolute atomic E-state index is 12.9. The molecule has 0 saturated heterocycles. The molecule has 0 aliphatic carbocycles. The van der Waals surface area contributed by atoms with E-state index < -0.39 is 0 Å². The van der Waals surface area contributed by atoms with Crippen LogP contribution in [0.1, 0.15) is 19.3 Å². The van der Waals surface area contributed by atoms with Gasteiger partial charge in [0.15, 0.2) is 5.12 Å². The summed E-state index contributed by atoms with van der Waals surface area (Å²) < 4.78 is 19.0. The number of carbonyl (C=O) groups excluding carboxylic acids is 1.